The highest BCUT2D eigenvalue weighted by Gasteiger charge is 2.22. The minimum Gasteiger partial charge on any atom is -0.490 e. The molecule has 0 unspecified atom stereocenters. The average molecular weight is 377 g/mol. The molecule has 3 amide bonds. The minimum absolute atomic E-state index is 0.0381. The van der Waals surface area contributed by atoms with Gasteiger partial charge < -0.3 is 14.8 Å². The maximum Gasteiger partial charge on any atom is 0.321 e. The van der Waals surface area contributed by atoms with Crippen LogP contribution >= 0.6 is 0 Å². The van der Waals surface area contributed by atoms with E-state index in [1.54, 1.807) is 0 Å². The van der Waals surface area contributed by atoms with Crippen LogP contribution in [-0.2, 0) is 17.8 Å². The van der Waals surface area contributed by atoms with Crippen LogP contribution in [0, 0.1) is 0 Å². The van der Waals surface area contributed by atoms with Crippen molar-refractivity contribution in [3.63, 3.8) is 0 Å². The third kappa shape index (κ3) is 6.13. The molecular formula is C20H31N3O4. The van der Waals surface area contributed by atoms with E-state index in [0.717, 1.165) is 36.4 Å². The number of nitrogens with zero attached hydrogens (tertiary/aromatic N) is 1. The second-order valence-corrected chi connectivity index (χ2v) is 6.73. The lowest BCUT2D eigenvalue weighted by atomic mass is 9.99. The highest BCUT2D eigenvalue weighted by Crippen LogP contribution is 2.33. The molecule has 1 aliphatic heterocycles. The first-order valence-electron chi connectivity index (χ1n) is 9.70. The van der Waals surface area contributed by atoms with Gasteiger partial charge in [0.05, 0.1) is 19.8 Å². The summed E-state index contributed by atoms with van der Waals surface area (Å²) in [5.41, 5.74) is 2.35. The smallest absolute Gasteiger partial charge is 0.321 e. The fourth-order valence-corrected chi connectivity index (χ4v) is 3.03. The standard InChI is InChI=1S/C20H31N3O4/c1-5-14(4)21-20(25)22-19(24)13-23-9-8-15-10-17(26-6-2)18(27-7-3)11-16(15)12-23/h10-11,14H,5-9,12-13H2,1-4H3,(H2,21,22,24,25)/t14-/m0/s1. The molecule has 0 saturated carbocycles. The van der Waals surface area contributed by atoms with E-state index >= 15 is 0 Å². The summed E-state index contributed by atoms with van der Waals surface area (Å²) in [6.07, 6.45) is 1.64. The van der Waals surface area contributed by atoms with Crippen molar-refractivity contribution in [2.24, 2.45) is 0 Å². The molecule has 0 bridgehead atoms. The molecular weight excluding hydrogens is 346 g/mol. The van der Waals surface area contributed by atoms with Crippen molar-refractivity contribution in [2.75, 3.05) is 26.3 Å². The topological polar surface area (TPSA) is 79.9 Å². The predicted molar refractivity (Wildman–Crippen MR) is 104 cm³/mol. The largest absolute Gasteiger partial charge is 0.490 e. The van der Waals surface area contributed by atoms with E-state index in [1.807, 2.05) is 44.7 Å². The van der Waals surface area contributed by atoms with E-state index in [1.165, 1.54) is 5.56 Å². The molecule has 7 nitrogen and oxygen atoms in total. The van der Waals surface area contributed by atoms with Crippen LogP contribution in [-0.4, -0.2) is 49.2 Å². The molecule has 1 aromatic carbocycles. The summed E-state index contributed by atoms with van der Waals surface area (Å²) in [6.45, 7) is 10.5. The molecule has 2 rings (SSSR count). The molecule has 1 aliphatic rings. The normalized spacial score (nSPS) is 14.8. The number of carbonyl (C=O) groups is 2. The summed E-state index contributed by atoms with van der Waals surface area (Å²) in [5, 5.41) is 5.13. The zero-order valence-electron chi connectivity index (χ0n) is 16.8. The van der Waals surface area contributed by atoms with Crippen LogP contribution in [0.25, 0.3) is 0 Å². The van der Waals surface area contributed by atoms with Crippen molar-refractivity contribution in [2.45, 2.75) is 53.1 Å². The third-order valence-corrected chi connectivity index (χ3v) is 4.57. The molecule has 0 aromatic heterocycles. The Morgan fingerprint density at radius 3 is 2.33 bits per heavy atom. The van der Waals surface area contributed by atoms with Crippen LogP contribution in [0.5, 0.6) is 11.5 Å². The van der Waals surface area contributed by atoms with Crippen LogP contribution < -0.4 is 20.1 Å². The Labute approximate surface area is 161 Å². The van der Waals surface area contributed by atoms with Crippen molar-refractivity contribution < 1.29 is 19.1 Å². The summed E-state index contributed by atoms with van der Waals surface area (Å²) >= 11 is 0. The molecule has 0 aliphatic carbocycles. The zero-order valence-corrected chi connectivity index (χ0v) is 16.8. The number of hydrogen-bond donors (Lipinski definition) is 2. The Morgan fingerprint density at radius 1 is 1.11 bits per heavy atom. The molecule has 2 N–H and O–H groups in total. The van der Waals surface area contributed by atoms with Crippen LogP contribution in [0.1, 0.15) is 45.2 Å². The van der Waals surface area contributed by atoms with Gasteiger partial charge in [0, 0.05) is 19.1 Å². The maximum absolute atomic E-state index is 12.2. The van der Waals surface area contributed by atoms with Crippen LogP contribution in [0.4, 0.5) is 4.79 Å². The molecule has 1 aromatic rings. The predicted octanol–water partition coefficient (Wildman–Crippen LogP) is 2.47. The van der Waals surface area contributed by atoms with Crippen molar-refractivity contribution in [3.8, 4) is 11.5 Å². The molecule has 0 radical (unpaired) electrons. The number of amides is 3. The van der Waals surface area contributed by atoms with Crippen LogP contribution in [0.15, 0.2) is 12.1 Å². The number of nitrogens with one attached hydrogen (secondary N) is 2. The van der Waals surface area contributed by atoms with Gasteiger partial charge >= 0.3 is 6.03 Å². The van der Waals surface area contributed by atoms with Gasteiger partial charge in [0.2, 0.25) is 5.91 Å². The zero-order chi connectivity index (χ0) is 19.8. The van der Waals surface area contributed by atoms with Crippen LogP contribution in [0.2, 0.25) is 0 Å². The molecule has 1 heterocycles. The van der Waals surface area contributed by atoms with Gasteiger partial charge in [0.15, 0.2) is 11.5 Å². The lowest BCUT2D eigenvalue weighted by molar-refractivity contribution is -0.121. The number of carbonyl (C=O) groups excluding carboxylic acids is 2. The highest BCUT2D eigenvalue weighted by molar-refractivity contribution is 5.95. The molecule has 0 spiro atoms. The molecule has 150 valence electrons. The number of urea groups is 1. The van der Waals surface area contributed by atoms with Crippen molar-refractivity contribution in [1.29, 1.82) is 0 Å². The van der Waals surface area contributed by atoms with Crippen molar-refractivity contribution >= 4 is 11.9 Å². The first kappa shape index (κ1) is 21.0. The minimum atomic E-state index is -0.438. The van der Waals surface area contributed by atoms with Crippen molar-refractivity contribution in [1.82, 2.24) is 15.5 Å². The number of hydrogen-bond acceptors (Lipinski definition) is 5. The SMILES string of the molecule is CCOc1cc2c(cc1OCC)CN(CC(=O)NC(=O)N[C@@H](C)CC)CC2. The fourth-order valence-electron chi connectivity index (χ4n) is 3.03. The molecule has 1 atom stereocenters. The quantitative estimate of drug-likeness (QED) is 0.727. The second kappa shape index (κ2) is 10.2. The number of benzene rings is 1. The Balaban J connectivity index is 1.97. The molecule has 0 fully saturated rings. The van der Waals surface area contributed by atoms with Gasteiger partial charge in [-0.15, -0.1) is 0 Å². The van der Waals surface area contributed by atoms with Gasteiger partial charge in [0.25, 0.3) is 0 Å². The average Bonchev–Trinajstić information content (AvgIpc) is 2.62. The summed E-state index contributed by atoms with van der Waals surface area (Å²) in [5.74, 6) is 1.21. The van der Waals surface area contributed by atoms with Crippen molar-refractivity contribution in [3.05, 3.63) is 23.3 Å². The Morgan fingerprint density at radius 2 is 1.74 bits per heavy atom. The van der Waals surface area contributed by atoms with E-state index in [9.17, 15) is 9.59 Å². The summed E-state index contributed by atoms with van der Waals surface area (Å²) in [6, 6.07) is 3.65. The molecule has 0 saturated heterocycles. The summed E-state index contributed by atoms with van der Waals surface area (Å²) < 4.78 is 11.4. The Kier molecular flexibility index (Phi) is 7.91. The molecule has 7 heteroatoms. The van der Waals surface area contributed by atoms with E-state index in [4.69, 9.17) is 9.47 Å². The van der Waals surface area contributed by atoms with E-state index < -0.39 is 6.03 Å². The summed E-state index contributed by atoms with van der Waals surface area (Å²) in [4.78, 5) is 26.0. The van der Waals surface area contributed by atoms with Gasteiger partial charge in [0.1, 0.15) is 0 Å². The highest BCUT2D eigenvalue weighted by atomic mass is 16.5. The van der Waals surface area contributed by atoms with E-state index in [0.29, 0.717) is 19.8 Å². The lowest BCUT2D eigenvalue weighted by Gasteiger charge is -2.29. The monoisotopic (exact) mass is 377 g/mol. The first-order valence-corrected chi connectivity index (χ1v) is 9.70. The lowest BCUT2D eigenvalue weighted by Crippen LogP contribution is -2.47. The van der Waals surface area contributed by atoms with Gasteiger partial charge in [-0.3, -0.25) is 15.0 Å². The summed E-state index contributed by atoms with van der Waals surface area (Å²) in [7, 11) is 0. The van der Waals surface area contributed by atoms with Gasteiger partial charge in [-0.1, -0.05) is 6.92 Å². The maximum atomic E-state index is 12.2. The fraction of sp³-hybridized carbons (Fsp3) is 0.600. The van der Waals surface area contributed by atoms with E-state index in [-0.39, 0.29) is 18.5 Å². The Bertz CT molecular complexity index is 663. The third-order valence-electron chi connectivity index (χ3n) is 4.57. The first-order chi connectivity index (χ1) is 13.0. The van der Waals surface area contributed by atoms with E-state index in [2.05, 4.69) is 10.6 Å². The van der Waals surface area contributed by atoms with Gasteiger partial charge in [-0.25, -0.2) is 4.79 Å². The Hall–Kier alpha value is -2.28. The number of ether oxygens (including phenoxy) is 2. The number of rotatable bonds is 8. The van der Waals surface area contributed by atoms with Crippen LogP contribution in [0.3, 0.4) is 0 Å². The molecule has 27 heavy (non-hydrogen) atoms. The number of fused-ring (bicyclic) bond motifs is 1. The second-order valence-electron chi connectivity index (χ2n) is 6.73. The number of imide groups is 1. The van der Waals surface area contributed by atoms with Gasteiger partial charge in [-0.2, -0.15) is 0 Å². The van der Waals surface area contributed by atoms with Gasteiger partial charge in [-0.05, 0) is 56.9 Å².